The highest BCUT2D eigenvalue weighted by molar-refractivity contribution is 14.1. The lowest BCUT2D eigenvalue weighted by atomic mass is 10.0. The quantitative estimate of drug-likeness (QED) is 0.479. The van der Waals surface area contributed by atoms with E-state index >= 15 is 0 Å². The van der Waals surface area contributed by atoms with Gasteiger partial charge in [0.15, 0.2) is 6.29 Å². The number of aliphatic hydroxyl groups is 3. The molecule has 0 amide bonds. The van der Waals surface area contributed by atoms with Gasteiger partial charge in [-0.1, -0.05) is 22.6 Å². The van der Waals surface area contributed by atoms with Gasteiger partial charge in [0.25, 0.3) is 0 Å². The summed E-state index contributed by atoms with van der Waals surface area (Å²) in [6.07, 6.45) is -2.18. The Labute approximate surface area is 84.7 Å². The molecule has 1 aliphatic heterocycles. The SMILES string of the molecule is OC1O[C@H](CCI)C[C@H](O)[C@H]1O. The van der Waals surface area contributed by atoms with Crippen LogP contribution in [0.1, 0.15) is 12.8 Å². The maximum absolute atomic E-state index is 9.25. The molecule has 1 saturated heterocycles. The maximum atomic E-state index is 9.25. The minimum absolute atomic E-state index is 0.129. The number of halogens is 1. The van der Waals surface area contributed by atoms with Crippen LogP contribution in [0.2, 0.25) is 0 Å². The highest BCUT2D eigenvalue weighted by Gasteiger charge is 2.34. The van der Waals surface area contributed by atoms with E-state index < -0.39 is 18.5 Å². The van der Waals surface area contributed by atoms with Crippen LogP contribution in [0.5, 0.6) is 0 Å². The summed E-state index contributed by atoms with van der Waals surface area (Å²) in [5.74, 6) is 0. The van der Waals surface area contributed by atoms with Gasteiger partial charge in [-0.2, -0.15) is 0 Å². The van der Waals surface area contributed by atoms with Crippen LogP contribution in [-0.4, -0.2) is 44.3 Å². The normalized spacial score (nSPS) is 43.0. The molecule has 0 saturated carbocycles. The van der Waals surface area contributed by atoms with Gasteiger partial charge >= 0.3 is 0 Å². The van der Waals surface area contributed by atoms with Gasteiger partial charge in [-0.25, -0.2) is 0 Å². The molecule has 1 heterocycles. The Bertz CT molecular complexity index is 131. The van der Waals surface area contributed by atoms with Gasteiger partial charge in [-0.05, 0) is 6.42 Å². The highest BCUT2D eigenvalue weighted by atomic mass is 127. The van der Waals surface area contributed by atoms with Gasteiger partial charge < -0.3 is 20.1 Å². The van der Waals surface area contributed by atoms with Gasteiger partial charge in [0.1, 0.15) is 6.10 Å². The van der Waals surface area contributed by atoms with Crippen molar-refractivity contribution >= 4 is 22.6 Å². The number of rotatable bonds is 2. The molecule has 0 spiro atoms. The molecule has 0 bridgehead atoms. The Morgan fingerprint density at radius 2 is 2.00 bits per heavy atom. The third kappa shape index (κ3) is 2.53. The third-order valence-corrected chi connectivity index (χ3v) is 2.58. The molecular formula is C7H13IO4. The molecule has 4 atom stereocenters. The Balaban J connectivity index is 2.42. The van der Waals surface area contributed by atoms with Crippen LogP contribution < -0.4 is 0 Å². The second-order valence-corrected chi connectivity index (χ2v) is 4.00. The zero-order chi connectivity index (χ0) is 9.14. The first-order chi connectivity index (χ1) is 5.65. The van der Waals surface area contributed by atoms with Crippen LogP contribution in [0.4, 0.5) is 0 Å². The molecule has 5 heteroatoms. The first kappa shape index (κ1) is 10.6. The van der Waals surface area contributed by atoms with E-state index in [1.807, 2.05) is 0 Å². The van der Waals surface area contributed by atoms with Crippen molar-refractivity contribution in [3.8, 4) is 0 Å². The third-order valence-electron chi connectivity index (χ3n) is 1.95. The topological polar surface area (TPSA) is 69.9 Å². The molecule has 72 valence electrons. The summed E-state index contributed by atoms with van der Waals surface area (Å²) in [6.45, 7) is 0. The van der Waals surface area contributed by atoms with E-state index in [-0.39, 0.29) is 6.10 Å². The minimum atomic E-state index is -1.23. The van der Waals surface area contributed by atoms with Gasteiger partial charge in [-0.15, -0.1) is 0 Å². The molecule has 0 aromatic carbocycles. The van der Waals surface area contributed by atoms with Gasteiger partial charge in [0.05, 0.1) is 12.2 Å². The smallest absolute Gasteiger partial charge is 0.183 e. The molecule has 1 unspecified atom stereocenters. The van der Waals surface area contributed by atoms with E-state index in [0.29, 0.717) is 6.42 Å². The van der Waals surface area contributed by atoms with Crippen molar-refractivity contribution in [2.75, 3.05) is 4.43 Å². The van der Waals surface area contributed by atoms with Gasteiger partial charge in [0.2, 0.25) is 0 Å². The number of alkyl halides is 1. The van der Waals surface area contributed by atoms with Crippen molar-refractivity contribution in [1.82, 2.24) is 0 Å². The summed E-state index contributed by atoms with van der Waals surface area (Å²) in [4.78, 5) is 0. The van der Waals surface area contributed by atoms with Crippen molar-refractivity contribution < 1.29 is 20.1 Å². The summed E-state index contributed by atoms with van der Waals surface area (Å²) in [5, 5.41) is 27.5. The lowest BCUT2D eigenvalue weighted by molar-refractivity contribution is -0.246. The fraction of sp³-hybridized carbons (Fsp3) is 1.00. The predicted molar refractivity (Wildman–Crippen MR) is 51.0 cm³/mol. The zero-order valence-corrected chi connectivity index (χ0v) is 8.72. The summed E-state index contributed by atoms with van der Waals surface area (Å²) in [6, 6.07) is 0. The molecule has 1 rings (SSSR count). The van der Waals surface area contributed by atoms with Crippen LogP contribution in [0.25, 0.3) is 0 Å². The van der Waals surface area contributed by atoms with Crippen molar-refractivity contribution in [2.45, 2.75) is 37.4 Å². The Morgan fingerprint density at radius 3 is 2.50 bits per heavy atom. The van der Waals surface area contributed by atoms with Crippen molar-refractivity contribution in [2.24, 2.45) is 0 Å². The molecule has 12 heavy (non-hydrogen) atoms. The fourth-order valence-corrected chi connectivity index (χ4v) is 1.93. The number of ether oxygens (including phenoxy) is 1. The van der Waals surface area contributed by atoms with Crippen molar-refractivity contribution in [1.29, 1.82) is 0 Å². The number of hydrogen-bond acceptors (Lipinski definition) is 4. The summed E-state index contributed by atoms with van der Waals surface area (Å²) >= 11 is 2.20. The summed E-state index contributed by atoms with van der Waals surface area (Å²) in [7, 11) is 0. The summed E-state index contributed by atoms with van der Waals surface area (Å²) < 4.78 is 5.96. The molecule has 3 N–H and O–H groups in total. The molecular weight excluding hydrogens is 275 g/mol. The Morgan fingerprint density at radius 1 is 1.33 bits per heavy atom. The standard InChI is InChI=1S/C7H13IO4/c8-2-1-4-3-5(9)6(10)7(11)12-4/h4-7,9-11H,1-3H2/t4-,5+,6-,7?/m1/s1. The van der Waals surface area contributed by atoms with Crippen molar-refractivity contribution in [3.05, 3.63) is 0 Å². The lowest BCUT2D eigenvalue weighted by Gasteiger charge is -2.34. The van der Waals surface area contributed by atoms with E-state index in [4.69, 9.17) is 14.9 Å². The Kier molecular flexibility index (Phi) is 4.18. The van der Waals surface area contributed by atoms with Gasteiger partial charge in [-0.3, -0.25) is 0 Å². The van der Waals surface area contributed by atoms with E-state index in [1.165, 1.54) is 0 Å². The minimum Gasteiger partial charge on any atom is -0.390 e. The summed E-state index contributed by atoms with van der Waals surface area (Å²) in [5.41, 5.74) is 0. The van der Waals surface area contributed by atoms with Crippen LogP contribution in [-0.2, 0) is 4.74 Å². The van der Waals surface area contributed by atoms with Crippen LogP contribution in [0.3, 0.4) is 0 Å². The number of hydrogen-bond donors (Lipinski definition) is 3. The first-order valence-corrected chi connectivity index (χ1v) is 5.43. The first-order valence-electron chi connectivity index (χ1n) is 3.90. The molecule has 0 aromatic heterocycles. The van der Waals surface area contributed by atoms with Crippen molar-refractivity contribution in [3.63, 3.8) is 0 Å². The zero-order valence-electron chi connectivity index (χ0n) is 6.56. The highest BCUT2D eigenvalue weighted by Crippen LogP contribution is 2.21. The molecule has 0 aliphatic carbocycles. The second-order valence-electron chi connectivity index (χ2n) is 2.92. The van der Waals surface area contributed by atoms with E-state index in [0.717, 1.165) is 10.8 Å². The fourth-order valence-electron chi connectivity index (χ4n) is 1.24. The van der Waals surface area contributed by atoms with E-state index in [1.54, 1.807) is 0 Å². The van der Waals surface area contributed by atoms with E-state index in [2.05, 4.69) is 22.6 Å². The molecule has 1 fully saturated rings. The average molecular weight is 288 g/mol. The maximum Gasteiger partial charge on any atom is 0.183 e. The lowest BCUT2D eigenvalue weighted by Crippen LogP contribution is -2.48. The molecule has 4 nitrogen and oxygen atoms in total. The molecule has 0 radical (unpaired) electrons. The van der Waals surface area contributed by atoms with Crippen LogP contribution >= 0.6 is 22.6 Å². The van der Waals surface area contributed by atoms with Crippen LogP contribution in [0, 0.1) is 0 Å². The Hall–Kier alpha value is 0.570. The average Bonchev–Trinajstić information content (AvgIpc) is 2.01. The predicted octanol–water partition coefficient (Wildman–Crippen LogP) is -0.359. The second kappa shape index (κ2) is 4.71. The van der Waals surface area contributed by atoms with Crippen LogP contribution in [0.15, 0.2) is 0 Å². The molecule has 0 aromatic rings. The van der Waals surface area contributed by atoms with E-state index in [9.17, 15) is 5.11 Å². The monoisotopic (exact) mass is 288 g/mol. The number of aliphatic hydroxyl groups excluding tert-OH is 3. The van der Waals surface area contributed by atoms with Gasteiger partial charge in [0, 0.05) is 10.8 Å². The largest absolute Gasteiger partial charge is 0.390 e. The molecule has 1 aliphatic rings.